The average Bonchev–Trinajstić information content (AvgIpc) is 2.84. The molecule has 226 valence electrons. The van der Waals surface area contributed by atoms with Crippen LogP contribution in [0.5, 0.6) is 0 Å². The van der Waals surface area contributed by atoms with Gasteiger partial charge in [0.1, 0.15) is 17.3 Å². The summed E-state index contributed by atoms with van der Waals surface area (Å²) in [4.78, 5) is 50.8. The molecule has 4 heteroatoms. The Morgan fingerprint density at radius 1 is 0.975 bits per heavy atom. The van der Waals surface area contributed by atoms with E-state index < -0.39 is 0 Å². The van der Waals surface area contributed by atoms with Gasteiger partial charge in [-0.1, -0.05) is 80.7 Å². The molecule has 0 radical (unpaired) electrons. The molecule has 2 rings (SSSR count). The summed E-state index contributed by atoms with van der Waals surface area (Å²) in [7, 11) is 0. The van der Waals surface area contributed by atoms with E-state index in [9.17, 15) is 19.2 Å². The Bertz CT molecular complexity index is 1000. The maximum Gasteiger partial charge on any atom is 0.163 e. The third-order valence-corrected chi connectivity index (χ3v) is 8.23. The zero-order valence-corrected chi connectivity index (χ0v) is 27.4. The van der Waals surface area contributed by atoms with Crippen molar-refractivity contribution in [2.24, 2.45) is 23.7 Å². The average molecular weight is 555 g/mol. The highest BCUT2D eigenvalue weighted by Gasteiger charge is 2.34. The minimum absolute atomic E-state index is 0.0144. The first-order valence-corrected chi connectivity index (χ1v) is 16.0. The van der Waals surface area contributed by atoms with Crippen molar-refractivity contribution < 1.29 is 19.2 Å². The normalized spacial score (nSPS) is 16.3. The van der Waals surface area contributed by atoms with Gasteiger partial charge in [-0.25, -0.2) is 0 Å². The first-order valence-electron chi connectivity index (χ1n) is 16.0. The Balaban J connectivity index is 0.00000254. The first kappa shape index (κ1) is 35.9. The van der Waals surface area contributed by atoms with E-state index in [2.05, 4.69) is 54.5 Å². The standard InChI is InChI=1S/C33H50O4.C3H8/c1-9-11-25(28(10-2)31(36)14-22(7)34)15-24-16-30-29(21(5)6)19-26(18-27(35)13-12-20(3)4)23(8)33(30)32(37)17-24;1-3-2/h19-21,24-25,28H,9-18H2,1-8H3;3H2,1-2H3. The summed E-state index contributed by atoms with van der Waals surface area (Å²) in [6, 6.07) is 2.19. The van der Waals surface area contributed by atoms with E-state index in [1.54, 1.807) is 0 Å². The minimum Gasteiger partial charge on any atom is -0.300 e. The summed E-state index contributed by atoms with van der Waals surface area (Å²) in [6.07, 6.45) is 7.98. The molecule has 0 heterocycles. The van der Waals surface area contributed by atoms with E-state index in [0.717, 1.165) is 60.8 Å². The number of ketones is 4. The molecule has 0 aromatic heterocycles. The zero-order valence-electron chi connectivity index (χ0n) is 27.4. The zero-order chi connectivity index (χ0) is 30.6. The van der Waals surface area contributed by atoms with Gasteiger partial charge in [0.2, 0.25) is 0 Å². The molecule has 4 nitrogen and oxygen atoms in total. The summed E-state index contributed by atoms with van der Waals surface area (Å²) >= 11 is 0. The molecular weight excluding hydrogens is 496 g/mol. The molecule has 0 bridgehead atoms. The van der Waals surface area contributed by atoms with Crippen LogP contribution in [0.4, 0.5) is 0 Å². The topological polar surface area (TPSA) is 68.3 Å². The lowest BCUT2D eigenvalue weighted by Crippen LogP contribution is -2.30. The van der Waals surface area contributed by atoms with Crippen LogP contribution < -0.4 is 0 Å². The molecule has 40 heavy (non-hydrogen) atoms. The molecular formula is C36H58O4. The molecule has 0 aliphatic heterocycles. The van der Waals surface area contributed by atoms with Crippen molar-refractivity contribution in [1.29, 1.82) is 0 Å². The molecule has 3 unspecified atom stereocenters. The van der Waals surface area contributed by atoms with Crippen LogP contribution in [-0.4, -0.2) is 23.1 Å². The molecule has 0 spiro atoms. The monoisotopic (exact) mass is 554 g/mol. The van der Waals surface area contributed by atoms with Crippen molar-refractivity contribution in [2.45, 2.75) is 146 Å². The molecule has 0 N–H and O–H groups in total. The van der Waals surface area contributed by atoms with Gasteiger partial charge in [0, 0.05) is 30.7 Å². The van der Waals surface area contributed by atoms with Crippen LogP contribution in [0.3, 0.4) is 0 Å². The molecule has 1 aromatic carbocycles. The van der Waals surface area contributed by atoms with Crippen LogP contribution in [0.15, 0.2) is 6.07 Å². The number of hydrogen-bond donors (Lipinski definition) is 0. The van der Waals surface area contributed by atoms with Crippen molar-refractivity contribution in [1.82, 2.24) is 0 Å². The maximum absolute atomic E-state index is 13.6. The van der Waals surface area contributed by atoms with Gasteiger partial charge in [-0.15, -0.1) is 0 Å². The Hall–Kier alpha value is -2.10. The lowest BCUT2D eigenvalue weighted by Gasteiger charge is -2.33. The van der Waals surface area contributed by atoms with Crippen LogP contribution in [-0.2, 0) is 27.2 Å². The number of carbonyl (C=O) groups is 4. The molecule has 1 aliphatic carbocycles. The van der Waals surface area contributed by atoms with Crippen molar-refractivity contribution in [3.05, 3.63) is 33.9 Å². The molecule has 3 atom stereocenters. The van der Waals surface area contributed by atoms with Crippen molar-refractivity contribution >= 4 is 23.1 Å². The fraction of sp³-hybridized carbons (Fsp3) is 0.722. The third kappa shape index (κ3) is 10.7. The third-order valence-electron chi connectivity index (χ3n) is 8.23. The van der Waals surface area contributed by atoms with E-state index >= 15 is 0 Å². The van der Waals surface area contributed by atoms with Crippen LogP contribution in [0, 0.1) is 30.6 Å². The predicted octanol–water partition coefficient (Wildman–Crippen LogP) is 9.21. The van der Waals surface area contributed by atoms with Gasteiger partial charge in [0.15, 0.2) is 5.78 Å². The fourth-order valence-corrected chi connectivity index (χ4v) is 6.34. The molecule has 0 fully saturated rings. The quantitative estimate of drug-likeness (QED) is 0.203. The Labute approximate surface area is 245 Å². The second-order valence-corrected chi connectivity index (χ2v) is 13.0. The highest BCUT2D eigenvalue weighted by atomic mass is 16.1. The van der Waals surface area contributed by atoms with E-state index in [1.165, 1.54) is 18.9 Å². The van der Waals surface area contributed by atoms with Crippen LogP contribution in [0.2, 0.25) is 0 Å². The van der Waals surface area contributed by atoms with Gasteiger partial charge in [-0.05, 0) is 85.5 Å². The van der Waals surface area contributed by atoms with Crippen LogP contribution >= 0.6 is 0 Å². The molecule has 0 saturated heterocycles. The van der Waals surface area contributed by atoms with E-state index in [1.807, 2.05) is 13.8 Å². The highest BCUT2D eigenvalue weighted by Crippen LogP contribution is 2.40. The molecule has 1 aliphatic rings. The second-order valence-electron chi connectivity index (χ2n) is 13.0. The fourth-order valence-electron chi connectivity index (χ4n) is 6.34. The number of Topliss-reactive ketones (excluding diaryl/α,β-unsaturated/α-hetero) is 4. The highest BCUT2D eigenvalue weighted by molar-refractivity contribution is 6.01. The molecule has 1 aromatic rings. The number of fused-ring (bicyclic) bond motifs is 1. The maximum atomic E-state index is 13.6. The SMILES string of the molecule is CCC.CCCC(CC1CC(=O)c2c(C)c(CC(=O)CCC(C)C)cc(C(C)C)c2C1)C(CC)C(=O)CC(C)=O. The van der Waals surface area contributed by atoms with Gasteiger partial charge in [0.25, 0.3) is 0 Å². The summed E-state index contributed by atoms with van der Waals surface area (Å²) < 4.78 is 0. The van der Waals surface area contributed by atoms with E-state index in [-0.39, 0.29) is 53.2 Å². The first-order chi connectivity index (χ1) is 18.8. The summed E-state index contributed by atoms with van der Waals surface area (Å²) in [5.74, 6) is 1.45. The van der Waals surface area contributed by atoms with E-state index in [4.69, 9.17) is 0 Å². The van der Waals surface area contributed by atoms with Gasteiger partial charge < -0.3 is 0 Å². The van der Waals surface area contributed by atoms with Gasteiger partial charge >= 0.3 is 0 Å². The van der Waals surface area contributed by atoms with Crippen molar-refractivity contribution in [3.8, 4) is 0 Å². The molecule has 0 saturated carbocycles. The van der Waals surface area contributed by atoms with Crippen LogP contribution in [0.1, 0.15) is 159 Å². The molecule has 0 amide bonds. The lowest BCUT2D eigenvalue weighted by atomic mass is 9.70. The van der Waals surface area contributed by atoms with Crippen LogP contribution in [0.25, 0.3) is 0 Å². The van der Waals surface area contributed by atoms with E-state index in [0.29, 0.717) is 25.2 Å². The Kier molecular flexibility index (Phi) is 15.9. The number of carbonyl (C=O) groups excluding carboxylic acids is 4. The van der Waals surface area contributed by atoms with Gasteiger partial charge in [-0.3, -0.25) is 19.2 Å². The summed E-state index contributed by atoms with van der Waals surface area (Å²) in [6.45, 7) is 20.5. The Morgan fingerprint density at radius 3 is 2.10 bits per heavy atom. The van der Waals surface area contributed by atoms with Gasteiger partial charge in [0.05, 0.1) is 6.42 Å². The van der Waals surface area contributed by atoms with Gasteiger partial charge in [-0.2, -0.15) is 0 Å². The number of hydrogen-bond acceptors (Lipinski definition) is 4. The number of rotatable bonds is 15. The summed E-state index contributed by atoms with van der Waals surface area (Å²) in [5.41, 5.74) is 5.19. The summed E-state index contributed by atoms with van der Waals surface area (Å²) in [5, 5.41) is 0. The minimum atomic E-state index is -0.120. The largest absolute Gasteiger partial charge is 0.300 e. The Morgan fingerprint density at radius 2 is 1.60 bits per heavy atom. The number of benzene rings is 1. The predicted molar refractivity (Wildman–Crippen MR) is 167 cm³/mol. The smallest absolute Gasteiger partial charge is 0.163 e. The van der Waals surface area contributed by atoms with Crippen molar-refractivity contribution in [2.75, 3.05) is 0 Å². The van der Waals surface area contributed by atoms with Crippen molar-refractivity contribution in [3.63, 3.8) is 0 Å². The lowest BCUT2D eigenvalue weighted by molar-refractivity contribution is -0.130. The second kappa shape index (κ2) is 17.7.